The zero-order chi connectivity index (χ0) is 14.7. The van der Waals surface area contributed by atoms with Crippen LogP contribution in [-0.4, -0.2) is 28.5 Å². The number of thiophene rings is 1. The molecule has 1 atom stereocenters. The van der Waals surface area contributed by atoms with Crippen molar-refractivity contribution < 1.29 is 4.79 Å². The summed E-state index contributed by atoms with van der Waals surface area (Å²) in [5, 5.41) is 7.17. The Morgan fingerprint density at radius 2 is 2.15 bits per heavy atom. The topological polar surface area (TPSA) is 66.9 Å². The Hall–Kier alpha value is -1.69. The van der Waals surface area contributed by atoms with Crippen molar-refractivity contribution in [3.8, 4) is 0 Å². The molecule has 6 heteroatoms. The van der Waals surface area contributed by atoms with Crippen LogP contribution in [0.5, 0.6) is 0 Å². The molecule has 2 aromatic heterocycles. The summed E-state index contributed by atoms with van der Waals surface area (Å²) in [6.07, 6.45) is 2.45. The van der Waals surface area contributed by atoms with Crippen LogP contribution in [0.15, 0.2) is 6.33 Å². The highest BCUT2D eigenvalue weighted by Crippen LogP contribution is 2.33. The van der Waals surface area contributed by atoms with Gasteiger partial charge in [0.15, 0.2) is 0 Å². The number of rotatable bonds is 5. The van der Waals surface area contributed by atoms with Gasteiger partial charge in [-0.1, -0.05) is 6.92 Å². The molecule has 0 spiro atoms. The second kappa shape index (κ2) is 6.17. The number of carbonyl (C=O) groups excluding carboxylic acids is 1. The van der Waals surface area contributed by atoms with Gasteiger partial charge in [0.25, 0.3) is 5.91 Å². The van der Waals surface area contributed by atoms with Gasteiger partial charge in [-0.2, -0.15) is 0 Å². The lowest BCUT2D eigenvalue weighted by Gasteiger charge is -2.10. The Balaban J connectivity index is 2.43. The Labute approximate surface area is 122 Å². The minimum absolute atomic E-state index is 0.0256. The normalized spacial score (nSPS) is 12.4. The second-order valence-corrected chi connectivity index (χ2v) is 5.77. The molecule has 0 radical (unpaired) electrons. The van der Waals surface area contributed by atoms with Gasteiger partial charge in [0.2, 0.25) is 0 Å². The number of hydrogen-bond donors (Lipinski definition) is 2. The van der Waals surface area contributed by atoms with Gasteiger partial charge in [-0.05, 0) is 32.8 Å². The van der Waals surface area contributed by atoms with Crippen LogP contribution in [0, 0.1) is 6.92 Å². The number of carbonyl (C=O) groups is 1. The summed E-state index contributed by atoms with van der Waals surface area (Å²) in [5.41, 5.74) is 0.947. The van der Waals surface area contributed by atoms with Crippen molar-refractivity contribution in [3.05, 3.63) is 16.8 Å². The molecular weight excluding hydrogens is 272 g/mol. The van der Waals surface area contributed by atoms with Crippen molar-refractivity contribution in [1.82, 2.24) is 15.3 Å². The number of nitrogens with one attached hydrogen (secondary N) is 2. The number of amides is 1. The predicted octanol–water partition coefficient (Wildman–Crippen LogP) is 2.96. The summed E-state index contributed by atoms with van der Waals surface area (Å²) in [6.45, 7) is 8.82. The first-order valence-corrected chi connectivity index (χ1v) is 7.68. The molecule has 0 aromatic carbocycles. The summed E-state index contributed by atoms with van der Waals surface area (Å²) in [6, 6.07) is 0.173. The van der Waals surface area contributed by atoms with Gasteiger partial charge < -0.3 is 10.6 Å². The van der Waals surface area contributed by atoms with E-state index in [0.29, 0.717) is 0 Å². The number of nitrogens with zero attached hydrogens (tertiary/aromatic N) is 2. The van der Waals surface area contributed by atoms with Crippen LogP contribution in [0.25, 0.3) is 10.2 Å². The number of hydrogen-bond acceptors (Lipinski definition) is 5. The van der Waals surface area contributed by atoms with E-state index in [2.05, 4.69) is 27.5 Å². The summed E-state index contributed by atoms with van der Waals surface area (Å²) >= 11 is 1.42. The highest BCUT2D eigenvalue weighted by molar-refractivity contribution is 7.20. The maximum atomic E-state index is 12.3. The molecule has 0 aliphatic carbocycles. The van der Waals surface area contributed by atoms with Crippen molar-refractivity contribution >= 4 is 33.3 Å². The van der Waals surface area contributed by atoms with E-state index in [-0.39, 0.29) is 11.9 Å². The monoisotopic (exact) mass is 292 g/mol. The summed E-state index contributed by atoms with van der Waals surface area (Å²) in [7, 11) is 0. The Kier molecular flexibility index (Phi) is 4.54. The van der Waals surface area contributed by atoms with Crippen molar-refractivity contribution in [1.29, 1.82) is 0 Å². The van der Waals surface area contributed by atoms with E-state index < -0.39 is 0 Å². The van der Waals surface area contributed by atoms with Crippen molar-refractivity contribution in [2.24, 2.45) is 0 Å². The van der Waals surface area contributed by atoms with Gasteiger partial charge in [0, 0.05) is 12.6 Å². The first-order chi connectivity index (χ1) is 9.58. The molecule has 2 aromatic rings. The van der Waals surface area contributed by atoms with Crippen LogP contribution in [-0.2, 0) is 0 Å². The minimum Gasteiger partial charge on any atom is -0.370 e. The van der Waals surface area contributed by atoms with Gasteiger partial charge in [-0.15, -0.1) is 11.3 Å². The van der Waals surface area contributed by atoms with Crippen LogP contribution in [0.1, 0.15) is 42.4 Å². The number of fused-ring (bicyclic) bond motifs is 1. The van der Waals surface area contributed by atoms with E-state index in [9.17, 15) is 4.79 Å². The fourth-order valence-electron chi connectivity index (χ4n) is 1.98. The van der Waals surface area contributed by atoms with Crippen LogP contribution in [0.3, 0.4) is 0 Å². The summed E-state index contributed by atoms with van der Waals surface area (Å²) in [5.74, 6) is 0.774. The minimum atomic E-state index is -0.0256. The lowest BCUT2D eigenvalue weighted by Crippen LogP contribution is -2.31. The maximum Gasteiger partial charge on any atom is 0.261 e. The molecule has 2 heterocycles. The van der Waals surface area contributed by atoms with Gasteiger partial charge >= 0.3 is 0 Å². The molecule has 0 fully saturated rings. The van der Waals surface area contributed by atoms with Gasteiger partial charge in [0.05, 0.1) is 10.3 Å². The third-order valence-corrected chi connectivity index (χ3v) is 4.47. The zero-order valence-electron chi connectivity index (χ0n) is 12.3. The Morgan fingerprint density at radius 3 is 2.80 bits per heavy atom. The smallest absolute Gasteiger partial charge is 0.261 e. The fourth-order valence-corrected chi connectivity index (χ4v) is 3.03. The number of aryl methyl sites for hydroxylation is 1. The quantitative estimate of drug-likeness (QED) is 0.889. The largest absolute Gasteiger partial charge is 0.370 e. The van der Waals surface area contributed by atoms with Crippen molar-refractivity contribution in [3.63, 3.8) is 0 Å². The van der Waals surface area contributed by atoms with E-state index in [1.165, 1.54) is 17.7 Å². The van der Waals surface area contributed by atoms with Crippen molar-refractivity contribution in [2.45, 2.75) is 40.2 Å². The van der Waals surface area contributed by atoms with Crippen LogP contribution < -0.4 is 10.6 Å². The first kappa shape index (κ1) is 14.7. The average Bonchev–Trinajstić information content (AvgIpc) is 2.77. The molecule has 20 heavy (non-hydrogen) atoms. The van der Waals surface area contributed by atoms with E-state index >= 15 is 0 Å². The molecule has 108 valence electrons. The van der Waals surface area contributed by atoms with Crippen LogP contribution >= 0.6 is 11.3 Å². The molecular formula is C14H20N4OS. The van der Waals surface area contributed by atoms with E-state index in [0.717, 1.165) is 39.4 Å². The molecule has 0 aliphatic heterocycles. The highest BCUT2D eigenvalue weighted by atomic mass is 32.1. The third-order valence-electron chi connectivity index (χ3n) is 3.27. The molecule has 1 unspecified atom stereocenters. The molecule has 1 amide bonds. The standard InChI is InChI=1S/C14H20N4OS/c1-5-8(3)18-13(19)11-9(4)10-12(15-6-2)16-7-17-14(10)20-11/h7-8H,5-6H2,1-4H3,(H,18,19)(H,15,16,17). The fraction of sp³-hybridized carbons (Fsp3) is 0.500. The first-order valence-electron chi connectivity index (χ1n) is 6.87. The maximum absolute atomic E-state index is 12.3. The molecule has 0 bridgehead atoms. The lowest BCUT2D eigenvalue weighted by molar-refractivity contribution is 0.0943. The molecule has 5 nitrogen and oxygen atoms in total. The number of aromatic nitrogens is 2. The average molecular weight is 292 g/mol. The Bertz CT molecular complexity index is 623. The van der Waals surface area contributed by atoms with Crippen LogP contribution in [0.4, 0.5) is 5.82 Å². The number of anilines is 1. The summed E-state index contributed by atoms with van der Waals surface area (Å²) in [4.78, 5) is 22.4. The van der Waals surface area contributed by atoms with Gasteiger partial charge in [-0.3, -0.25) is 4.79 Å². The molecule has 2 N–H and O–H groups in total. The van der Waals surface area contributed by atoms with E-state index in [1.54, 1.807) is 0 Å². The lowest BCUT2D eigenvalue weighted by atomic mass is 10.2. The van der Waals surface area contributed by atoms with E-state index in [4.69, 9.17) is 0 Å². The van der Waals surface area contributed by atoms with Crippen molar-refractivity contribution in [2.75, 3.05) is 11.9 Å². The molecule has 0 saturated heterocycles. The van der Waals surface area contributed by atoms with Gasteiger partial charge in [0.1, 0.15) is 17.0 Å². The van der Waals surface area contributed by atoms with E-state index in [1.807, 2.05) is 20.8 Å². The molecule has 2 rings (SSSR count). The SMILES string of the molecule is CCNc1ncnc2sc(C(=O)NC(C)CC)c(C)c12. The Morgan fingerprint density at radius 1 is 1.40 bits per heavy atom. The van der Waals surface area contributed by atoms with Crippen LogP contribution in [0.2, 0.25) is 0 Å². The zero-order valence-corrected chi connectivity index (χ0v) is 13.1. The highest BCUT2D eigenvalue weighted by Gasteiger charge is 2.19. The molecule has 0 aliphatic rings. The predicted molar refractivity (Wildman–Crippen MR) is 83.5 cm³/mol. The molecule has 0 saturated carbocycles. The van der Waals surface area contributed by atoms with Gasteiger partial charge in [-0.25, -0.2) is 9.97 Å². The summed E-state index contributed by atoms with van der Waals surface area (Å²) < 4.78 is 0. The second-order valence-electron chi connectivity index (χ2n) is 4.77. The third kappa shape index (κ3) is 2.75.